The van der Waals surface area contributed by atoms with Gasteiger partial charge in [-0.2, -0.15) is 0 Å². The van der Waals surface area contributed by atoms with E-state index < -0.39 is 0 Å². The van der Waals surface area contributed by atoms with E-state index >= 15 is 0 Å². The Morgan fingerprint density at radius 2 is 1.71 bits per heavy atom. The zero-order valence-corrected chi connectivity index (χ0v) is 22.6. The summed E-state index contributed by atoms with van der Waals surface area (Å²) in [5.74, 6) is 2.04. The maximum atomic E-state index is 14.0. The first-order valence-electron chi connectivity index (χ1n) is 13.7. The molecule has 6 nitrogen and oxygen atoms in total. The summed E-state index contributed by atoms with van der Waals surface area (Å²) in [6.45, 7) is 13.9. The highest BCUT2D eigenvalue weighted by atomic mass is 16.2. The lowest BCUT2D eigenvalue weighted by Gasteiger charge is -2.61. The van der Waals surface area contributed by atoms with Crippen molar-refractivity contribution < 1.29 is 14.4 Å². The third-order valence-corrected chi connectivity index (χ3v) is 10.3. The number of likely N-dealkylation sites (tertiary alicyclic amines) is 1. The summed E-state index contributed by atoms with van der Waals surface area (Å²) in [6, 6.07) is 0.115. The monoisotopic (exact) mass is 473 g/mol. The number of hydrogen-bond acceptors (Lipinski definition) is 3. The molecule has 4 amide bonds. The number of carbonyl (C=O) groups excluding carboxylic acids is 3. The van der Waals surface area contributed by atoms with Gasteiger partial charge in [0.1, 0.15) is 0 Å². The summed E-state index contributed by atoms with van der Waals surface area (Å²) in [4.78, 5) is 42.9. The lowest BCUT2D eigenvalue weighted by atomic mass is 9.47. The molecular weight excluding hydrogens is 426 g/mol. The number of rotatable bonds is 3. The first-order valence-corrected chi connectivity index (χ1v) is 13.7. The van der Waals surface area contributed by atoms with Crippen molar-refractivity contribution in [3.63, 3.8) is 0 Å². The molecule has 1 aliphatic heterocycles. The van der Waals surface area contributed by atoms with Crippen molar-refractivity contribution in [2.24, 2.45) is 39.9 Å². The highest BCUT2D eigenvalue weighted by Gasteiger charge is 2.62. The minimum Gasteiger partial charge on any atom is -0.342 e. The maximum Gasteiger partial charge on any atom is 0.324 e. The van der Waals surface area contributed by atoms with Crippen molar-refractivity contribution >= 4 is 17.8 Å². The molecule has 0 bridgehead atoms. The summed E-state index contributed by atoms with van der Waals surface area (Å²) in [5.41, 5.74) is 0.00345. The Morgan fingerprint density at radius 3 is 2.35 bits per heavy atom. The largest absolute Gasteiger partial charge is 0.342 e. The molecule has 1 saturated heterocycles. The average Bonchev–Trinajstić information content (AvgIpc) is 3.11. The summed E-state index contributed by atoms with van der Waals surface area (Å²) >= 11 is 0. The topological polar surface area (TPSA) is 69.7 Å². The van der Waals surface area contributed by atoms with Gasteiger partial charge < -0.3 is 10.2 Å². The summed E-state index contributed by atoms with van der Waals surface area (Å²) < 4.78 is 0. The minimum absolute atomic E-state index is 0.0345. The van der Waals surface area contributed by atoms with Crippen molar-refractivity contribution in [1.29, 1.82) is 0 Å². The molecule has 3 aliphatic carbocycles. The summed E-state index contributed by atoms with van der Waals surface area (Å²) in [6.07, 6.45) is 8.08. The predicted octanol–water partition coefficient (Wildman–Crippen LogP) is 5.07. The normalized spacial score (nSPS) is 39.7. The van der Waals surface area contributed by atoms with Crippen LogP contribution in [0.4, 0.5) is 4.79 Å². The van der Waals surface area contributed by atoms with E-state index in [9.17, 15) is 14.4 Å². The van der Waals surface area contributed by atoms with E-state index in [0.717, 1.165) is 44.9 Å². The van der Waals surface area contributed by atoms with Gasteiger partial charge in [0.05, 0.1) is 0 Å². The quantitative estimate of drug-likeness (QED) is 0.622. The standard InChI is InChI=1S/C28H47N3O3/c1-8-29-25(34)31(17-26(2,3)4)24(33)21-11-10-19-18-9-12-22-28(6,16-14-23(32)30(22)7)20(18)13-15-27(19,21)5/h18-22H,8-17H2,1-7H3,(H,29,34)/t18-,19-,20-,21+,22+,27-,28+/m0/s1. The molecule has 0 aromatic heterocycles. The Kier molecular flexibility index (Phi) is 6.61. The molecule has 3 saturated carbocycles. The van der Waals surface area contributed by atoms with Crippen molar-refractivity contribution in [3.05, 3.63) is 0 Å². The molecule has 0 unspecified atom stereocenters. The van der Waals surface area contributed by atoms with Gasteiger partial charge in [0.2, 0.25) is 11.8 Å². The molecule has 4 rings (SSSR count). The smallest absolute Gasteiger partial charge is 0.324 e. The Bertz CT molecular complexity index is 835. The van der Waals surface area contributed by atoms with Gasteiger partial charge in [-0.1, -0.05) is 34.6 Å². The zero-order chi connectivity index (χ0) is 25.1. The highest BCUT2D eigenvalue weighted by Crippen LogP contribution is 2.66. The number of imide groups is 1. The van der Waals surface area contributed by atoms with Crippen LogP contribution in [0.15, 0.2) is 0 Å². The van der Waals surface area contributed by atoms with Crippen LogP contribution in [0.1, 0.15) is 92.9 Å². The van der Waals surface area contributed by atoms with E-state index in [2.05, 4.69) is 39.9 Å². The SMILES string of the molecule is CCNC(=O)N(CC(C)(C)C)C(=O)[C@H]1CC[C@H]2[C@@H]3CC[C@H]4N(C)C(=O)CC[C@]4(C)[C@H]3CC[C@]12C. The molecule has 0 aromatic carbocycles. The van der Waals surface area contributed by atoms with Crippen LogP contribution in [0, 0.1) is 39.9 Å². The van der Waals surface area contributed by atoms with Crippen molar-refractivity contribution in [1.82, 2.24) is 15.1 Å². The van der Waals surface area contributed by atoms with Crippen LogP contribution in [0.3, 0.4) is 0 Å². The highest BCUT2D eigenvalue weighted by molar-refractivity contribution is 5.96. The lowest BCUT2D eigenvalue weighted by Crippen LogP contribution is -2.61. The van der Waals surface area contributed by atoms with Gasteiger partial charge in [0.25, 0.3) is 0 Å². The molecule has 1 heterocycles. The molecule has 0 radical (unpaired) electrons. The second kappa shape index (κ2) is 8.81. The zero-order valence-electron chi connectivity index (χ0n) is 22.6. The van der Waals surface area contributed by atoms with E-state index in [1.54, 1.807) is 0 Å². The average molecular weight is 474 g/mol. The second-order valence-corrected chi connectivity index (χ2v) is 13.5. The van der Waals surface area contributed by atoms with Gasteiger partial charge in [-0.25, -0.2) is 4.79 Å². The summed E-state index contributed by atoms with van der Waals surface area (Å²) in [5, 5.41) is 2.88. The molecular formula is C28H47N3O3. The first-order chi connectivity index (χ1) is 15.8. The van der Waals surface area contributed by atoms with E-state index in [4.69, 9.17) is 0 Å². The molecule has 192 valence electrons. The Hall–Kier alpha value is -1.59. The number of carbonyl (C=O) groups is 3. The van der Waals surface area contributed by atoms with E-state index in [0.29, 0.717) is 49.2 Å². The number of hydrogen-bond donors (Lipinski definition) is 1. The molecule has 0 spiro atoms. The molecule has 1 N–H and O–H groups in total. The van der Waals surface area contributed by atoms with E-state index in [1.807, 2.05) is 18.9 Å². The van der Waals surface area contributed by atoms with Crippen LogP contribution in [-0.2, 0) is 9.59 Å². The van der Waals surface area contributed by atoms with Gasteiger partial charge in [0.15, 0.2) is 0 Å². The second-order valence-electron chi connectivity index (χ2n) is 13.5. The molecule has 34 heavy (non-hydrogen) atoms. The fraction of sp³-hybridized carbons (Fsp3) is 0.893. The lowest BCUT2D eigenvalue weighted by molar-refractivity contribution is -0.160. The van der Waals surface area contributed by atoms with Crippen LogP contribution in [-0.4, -0.2) is 53.8 Å². The van der Waals surface area contributed by atoms with Crippen molar-refractivity contribution in [2.45, 2.75) is 99.0 Å². The van der Waals surface area contributed by atoms with Gasteiger partial charge >= 0.3 is 6.03 Å². The summed E-state index contributed by atoms with van der Waals surface area (Å²) in [7, 11) is 2.01. The third-order valence-electron chi connectivity index (χ3n) is 10.3. The first kappa shape index (κ1) is 25.5. The van der Waals surface area contributed by atoms with Crippen LogP contribution in [0.5, 0.6) is 0 Å². The molecule has 4 fully saturated rings. The molecule has 0 aromatic rings. The Morgan fingerprint density at radius 1 is 1.03 bits per heavy atom. The molecule has 6 heteroatoms. The fourth-order valence-electron chi connectivity index (χ4n) is 8.72. The molecule has 4 aliphatic rings. The van der Waals surface area contributed by atoms with Crippen LogP contribution < -0.4 is 5.32 Å². The third kappa shape index (κ3) is 4.07. The van der Waals surface area contributed by atoms with Gasteiger partial charge in [0, 0.05) is 38.5 Å². The number of nitrogens with zero attached hydrogens (tertiary/aromatic N) is 2. The maximum absolute atomic E-state index is 14.0. The number of nitrogens with one attached hydrogen (secondary N) is 1. The molecule has 7 atom stereocenters. The van der Waals surface area contributed by atoms with Gasteiger partial charge in [-0.05, 0) is 85.9 Å². The number of amides is 4. The minimum atomic E-state index is -0.244. The van der Waals surface area contributed by atoms with Crippen molar-refractivity contribution in [2.75, 3.05) is 20.1 Å². The van der Waals surface area contributed by atoms with Crippen LogP contribution in [0.25, 0.3) is 0 Å². The number of fused-ring (bicyclic) bond motifs is 5. The van der Waals surface area contributed by atoms with Gasteiger partial charge in [-0.3, -0.25) is 14.5 Å². The van der Waals surface area contributed by atoms with E-state index in [-0.39, 0.29) is 34.1 Å². The number of urea groups is 1. The van der Waals surface area contributed by atoms with Crippen LogP contribution >= 0.6 is 0 Å². The Balaban J connectivity index is 1.57. The van der Waals surface area contributed by atoms with E-state index in [1.165, 1.54) is 4.90 Å². The predicted molar refractivity (Wildman–Crippen MR) is 134 cm³/mol. The number of piperidine rings is 1. The van der Waals surface area contributed by atoms with Crippen LogP contribution in [0.2, 0.25) is 0 Å². The fourth-order valence-corrected chi connectivity index (χ4v) is 8.72. The Labute approximate surface area is 206 Å². The van der Waals surface area contributed by atoms with Gasteiger partial charge in [-0.15, -0.1) is 0 Å². The van der Waals surface area contributed by atoms with Crippen molar-refractivity contribution in [3.8, 4) is 0 Å².